The minimum Gasteiger partial charge on any atom is -0.459 e. The number of likely N-dealkylation sites (N-methyl/N-ethyl adjacent to an activating group) is 1. The van der Waals surface area contributed by atoms with E-state index in [1.807, 2.05) is 78.4 Å². The summed E-state index contributed by atoms with van der Waals surface area (Å²) < 4.78 is 6.99. The minimum absolute atomic E-state index is 0.113. The topological polar surface area (TPSA) is 80.4 Å². The van der Waals surface area contributed by atoms with Gasteiger partial charge in [0.2, 0.25) is 11.9 Å². The lowest BCUT2D eigenvalue weighted by Crippen LogP contribution is -2.38. The third-order valence-corrected chi connectivity index (χ3v) is 4.80. The number of nitrogens with zero attached hydrogens (tertiary/aromatic N) is 3. The van der Waals surface area contributed by atoms with E-state index >= 15 is 0 Å². The third-order valence-electron chi connectivity index (χ3n) is 4.80. The molecule has 0 saturated heterocycles. The largest absolute Gasteiger partial charge is 0.459 e. The number of rotatable bonds is 7. The van der Waals surface area contributed by atoms with Gasteiger partial charge in [0.1, 0.15) is 6.54 Å². The van der Waals surface area contributed by atoms with Crippen LogP contribution in [0.1, 0.15) is 17.5 Å². The predicted molar refractivity (Wildman–Crippen MR) is 118 cm³/mol. The van der Waals surface area contributed by atoms with Gasteiger partial charge >= 0.3 is 0 Å². The van der Waals surface area contributed by atoms with E-state index < -0.39 is 0 Å². The van der Waals surface area contributed by atoms with Crippen LogP contribution in [0.3, 0.4) is 0 Å². The Bertz CT molecular complexity index is 1150. The number of carbonyl (C=O) groups excluding carboxylic acids is 2. The number of anilines is 1. The van der Waals surface area contributed by atoms with Crippen molar-refractivity contribution in [1.29, 1.82) is 0 Å². The lowest BCUT2D eigenvalue weighted by atomic mass is 10.2. The normalized spacial score (nSPS) is 10.6. The fraction of sp³-hybridized carbons (Fsp3) is 0.125. The van der Waals surface area contributed by atoms with E-state index in [1.54, 1.807) is 12.1 Å². The van der Waals surface area contributed by atoms with Gasteiger partial charge in [-0.2, -0.15) is 0 Å². The number of aromatic nitrogens is 2. The van der Waals surface area contributed by atoms with Crippen molar-refractivity contribution in [3.63, 3.8) is 0 Å². The first kappa shape index (κ1) is 20.2. The van der Waals surface area contributed by atoms with Crippen LogP contribution in [-0.4, -0.2) is 39.4 Å². The molecule has 0 atom stereocenters. The van der Waals surface area contributed by atoms with Crippen LogP contribution in [-0.2, 0) is 4.79 Å². The van der Waals surface area contributed by atoms with E-state index in [-0.39, 0.29) is 24.1 Å². The van der Waals surface area contributed by atoms with Gasteiger partial charge in [-0.25, -0.2) is 4.98 Å². The number of furan rings is 1. The van der Waals surface area contributed by atoms with Crippen molar-refractivity contribution >= 4 is 17.8 Å². The summed E-state index contributed by atoms with van der Waals surface area (Å²) in [5.74, 6) is -0.0912. The van der Waals surface area contributed by atoms with Crippen LogP contribution in [0.4, 0.5) is 5.95 Å². The number of benzene rings is 2. The highest BCUT2D eigenvalue weighted by Gasteiger charge is 2.21. The molecule has 2 amide bonds. The molecular weight excluding hydrogens is 392 g/mol. The van der Waals surface area contributed by atoms with E-state index in [2.05, 4.69) is 10.3 Å². The zero-order valence-corrected chi connectivity index (χ0v) is 17.1. The summed E-state index contributed by atoms with van der Waals surface area (Å²) in [6.45, 7) is 2.07. The molecule has 7 heteroatoms. The van der Waals surface area contributed by atoms with Crippen LogP contribution in [0.5, 0.6) is 0 Å². The highest BCUT2D eigenvalue weighted by Crippen LogP contribution is 2.24. The Hall–Kier alpha value is -4.13. The number of nitrogens with one attached hydrogen (secondary N) is 1. The van der Waals surface area contributed by atoms with Crippen LogP contribution in [0, 0.1) is 0 Å². The van der Waals surface area contributed by atoms with Crippen molar-refractivity contribution in [2.24, 2.45) is 0 Å². The Morgan fingerprint density at radius 2 is 1.71 bits per heavy atom. The molecule has 2 aromatic carbocycles. The summed E-state index contributed by atoms with van der Waals surface area (Å²) in [4.78, 5) is 31.4. The number of amides is 2. The van der Waals surface area contributed by atoms with Gasteiger partial charge in [0.25, 0.3) is 5.91 Å². The molecule has 4 aromatic rings. The number of imidazole rings is 1. The summed E-state index contributed by atoms with van der Waals surface area (Å²) in [5, 5.41) is 2.85. The van der Waals surface area contributed by atoms with Gasteiger partial charge in [-0.15, -0.1) is 0 Å². The van der Waals surface area contributed by atoms with Crippen molar-refractivity contribution in [3.05, 3.63) is 91.0 Å². The molecular formula is C24H22N4O3. The summed E-state index contributed by atoms with van der Waals surface area (Å²) >= 11 is 0. The average Bonchev–Trinajstić information content (AvgIpc) is 3.49. The van der Waals surface area contributed by atoms with Crippen molar-refractivity contribution in [2.45, 2.75) is 6.92 Å². The second kappa shape index (κ2) is 9.13. The Morgan fingerprint density at radius 1 is 1.00 bits per heavy atom. The van der Waals surface area contributed by atoms with E-state index in [1.165, 1.54) is 11.2 Å². The first-order chi connectivity index (χ1) is 15.2. The van der Waals surface area contributed by atoms with Crippen LogP contribution < -0.4 is 5.32 Å². The monoisotopic (exact) mass is 414 g/mol. The third kappa shape index (κ3) is 4.56. The maximum Gasteiger partial charge on any atom is 0.290 e. The van der Waals surface area contributed by atoms with E-state index in [9.17, 15) is 9.59 Å². The van der Waals surface area contributed by atoms with Crippen LogP contribution in [0.25, 0.3) is 16.9 Å². The molecule has 0 aliphatic carbocycles. The molecule has 0 fully saturated rings. The van der Waals surface area contributed by atoms with E-state index in [4.69, 9.17) is 4.42 Å². The van der Waals surface area contributed by atoms with Crippen molar-refractivity contribution < 1.29 is 14.0 Å². The van der Waals surface area contributed by atoms with Crippen molar-refractivity contribution in [3.8, 4) is 16.9 Å². The molecule has 2 heterocycles. The van der Waals surface area contributed by atoms with E-state index in [0.717, 1.165) is 16.9 Å². The highest BCUT2D eigenvalue weighted by atomic mass is 16.3. The molecule has 0 aliphatic heterocycles. The standard InChI is InChI=1S/C24H22N4O3/c1-2-27(23(30)21-14-9-15-31-21)17-22(29)26-24-25-20(18-10-5-3-6-11-18)16-28(24)19-12-7-4-8-13-19/h3-16H,2,17H2,1H3,(H,25,26,29). The molecule has 0 saturated carbocycles. The highest BCUT2D eigenvalue weighted by molar-refractivity contribution is 5.97. The Balaban J connectivity index is 1.58. The lowest BCUT2D eigenvalue weighted by Gasteiger charge is -2.19. The van der Waals surface area contributed by atoms with Crippen LogP contribution in [0.2, 0.25) is 0 Å². The molecule has 31 heavy (non-hydrogen) atoms. The fourth-order valence-electron chi connectivity index (χ4n) is 3.22. The smallest absolute Gasteiger partial charge is 0.290 e. The SMILES string of the molecule is CCN(CC(=O)Nc1nc(-c2ccccc2)cn1-c1ccccc1)C(=O)c1ccco1. The first-order valence-corrected chi connectivity index (χ1v) is 9.98. The molecule has 2 aromatic heterocycles. The fourth-order valence-corrected chi connectivity index (χ4v) is 3.22. The first-order valence-electron chi connectivity index (χ1n) is 9.98. The van der Waals surface area contributed by atoms with Gasteiger partial charge in [0.05, 0.1) is 12.0 Å². The van der Waals surface area contributed by atoms with Gasteiger partial charge in [-0.05, 0) is 31.2 Å². The number of hydrogen-bond donors (Lipinski definition) is 1. The Kier molecular flexibility index (Phi) is 5.93. The lowest BCUT2D eigenvalue weighted by molar-refractivity contribution is -0.116. The Labute approximate surface area is 179 Å². The summed E-state index contributed by atoms with van der Waals surface area (Å²) in [7, 11) is 0. The number of carbonyl (C=O) groups is 2. The molecule has 1 N–H and O–H groups in total. The number of para-hydroxylation sites is 1. The molecule has 0 bridgehead atoms. The van der Waals surface area contributed by atoms with Crippen molar-refractivity contribution in [2.75, 3.05) is 18.4 Å². The van der Waals surface area contributed by atoms with Crippen molar-refractivity contribution in [1.82, 2.24) is 14.5 Å². The van der Waals surface area contributed by atoms with Gasteiger partial charge < -0.3 is 9.32 Å². The molecule has 0 spiro atoms. The van der Waals surface area contributed by atoms with E-state index in [0.29, 0.717) is 12.5 Å². The summed E-state index contributed by atoms with van der Waals surface area (Å²) in [5.41, 5.74) is 2.54. The van der Waals surface area contributed by atoms with Gasteiger partial charge in [-0.3, -0.25) is 19.5 Å². The van der Waals surface area contributed by atoms with Gasteiger partial charge in [0, 0.05) is 24.0 Å². The minimum atomic E-state index is -0.343. The number of hydrogen-bond acceptors (Lipinski definition) is 4. The summed E-state index contributed by atoms with van der Waals surface area (Å²) in [6.07, 6.45) is 3.31. The predicted octanol–water partition coefficient (Wildman–Crippen LogP) is 4.23. The zero-order chi connectivity index (χ0) is 21.6. The van der Waals surface area contributed by atoms with Gasteiger partial charge in [-0.1, -0.05) is 48.5 Å². The van der Waals surface area contributed by atoms with Gasteiger partial charge in [0.15, 0.2) is 5.76 Å². The molecule has 0 unspecified atom stereocenters. The quantitative estimate of drug-likeness (QED) is 0.491. The molecule has 156 valence electrons. The molecule has 4 rings (SSSR count). The molecule has 7 nitrogen and oxygen atoms in total. The summed E-state index contributed by atoms with van der Waals surface area (Å²) in [6, 6.07) is 22.6. The zero-order valence-electron chi connectivity index (χ0n) is 17.1. The maximum absolute atomic E-state index is 12.8. The Morgan fingerprint density at radius 3 is 2.35 bits per heavy atom. The average molecular weight is 414 g/mol. The second-order valence-electron chi connectivity index (χ2n) is 6.87. The van der Waals surface area contributed by atoms with Crippen LogP contribution >= 0.6 is 0 Å². The second-order valence-corrected chi connectivity index (χ2v) is 6.87. The van der Waals surface area contributed by atoms with Crippen LogP contribution in [0.15, 0.2) is 89.7 Å². The molecule has 0 aliphatic rings. The maximum atomic E-state index is 12.8. The molecule has 0 radical (unpaired) electrons.